The van der Waals surface area contributed by atoms with Crippen LogP contribution in [0.1, 0.15) is 58.4 Å². The zero-order chi connectivity index (χ0) is 14.0. The molecule has 0 aromatic heterocycles. The molecular weight excluding hydrogens is 236 g/mol. The third-order valence-electron chi connectivity index (χ3n) is 4.87. The SMILES string of the molecule is CCC1(CC)C(O)CC1Oc1ccccc1C(C)C. The van der Waals surface area contributed by atoms with Crippen LogP contribution in [0.2, 0.25) is 0 Å². The highest BCUT2D eigenvalue weighted by Crippen LogP contribution is 2.49. The second kappa shape index (κ2) is 5.54. The molecule has 1 aromatic rings. The van der Waals surface area contributed by atoms with E-state index in [4.69, 9.17) is 4.74 Å². The van der Waals surface area contributed by atoms with Crippen molar-refractivity contribution < 1.29 is 9.84 Å². The average Bonchev–Trinajstić information content (AvgIpc) is 2.40. The Hall–Kier alpha value is -1.02. The molecule has 1 saturated carbocycles. The van der Waals surface area contributed by atoms with E-state index in [0.717, 1.165) is 25.0 Å². The molecule has 106 valence electrons. The van der Waals surface area contributed by atoms with Gasteiger partial charge in [0.05, 0.1) is 6.10 Å². The quantitative estimate of drug-likeness (QED) is 0.864. The predicted octanol–water partition coefficient (Wildman–Crippen LogP) is 4.13. The van der Waals surface area contributed by atoms with Crippen molar-refractivity contribution in [2.45, 2.75) is 65.1 Å². The molecule has 19 heavy (non-hydrogen) atoms. The molecule has 2 atom stereocenters. The van der Waals surface area contributed by atoms with Crippen LogP contribution >= 0.6 is 0 Å². The molecule has 1 aromatic carbocycles. The summed E-state index contributed by atoms with van der Waals surface area (Å²) in [6, 6.07) is 8.27. The Kier molecular flexibility index (Phi) is 4.19. The molecule has 0 saturated heterocycles. The summed E-state index contributed by atoms with van der Waals surface area (Å²) >= 11 is 0. The van der Waals surface area contributed by atoms with E-state index in [0.29, 0.717) is 5.92 Å². The number of ether oxygens (including phenoxy) is 1. The van der Waals surface area contributed by atoms with Gasteiger partial charge in [-0.1, -0.05) is 45.9 Å². The van der Waals surface area contributed by atoms with Crippen LogP contribution < -0.4 is 4.74 Å². The highest BCUT2D eigenvalue weighted by atomic mass is 16.5. The largest absolute Gasteiger partial charge is 0.489 e. The molecule has 2 rings (SSSR count). The van der Waals surface area contributed by atoms with E-state index in [9.17, 15) is 5.11 Å². The van der Waals surface area contributed by atoms with Crippen molar-refractivity contribution in [3.05, 3.63) is 29.8 Å². The Morgan fingerprint density at radius 2 is 1.89 bits per heavy atom. The number of aliphatic hydroxyl groups excluding tert-OH is 1. The van der Waals surface area contributed by atoms with Crippen molar-refractivity contribution in [2.75, 3.05) is 0 Å². The summed E-state index contributed by atoms with van der Waals surface area (Å²) in [6.45, 7) is 8.67. The van der Waals surface area contributed by atoms with Crippen LogP contribution in [0.3, 0.4) is 0 Å². The molecule has 1 aliphatic carbocycles. The van der Waals surface area contributed by atoms with Crippen molar-refractivity contribution in [1.82, 2.24) is 0 Å². The Labute approximate surface area is 116 Å². The van der Waals surface area contributed by atoms with Gasteiger partial charge in [-0.15, -0.1) is 0 Å². The van der Waals surface area contributed by atoms with Crippen LogP contribution in [-0.4, -0.2) is 17.3 Å². The molecule has 0 spiro atoms. The minimum absolute atomic E-state index is 0.0515. The van der Waals surface area contributed by atoms with Crippen LogP contribution in [-0.2, 0) is 0 Å². The summed E-state index contributed by atoms with van der Waals surface area (Å²) in [5.41, 5.74) is 1.20. The van der Waals surface area contributed by atoms with Gasteiger partial charge >= 0.3 is 0 Å². The number of para-hydroxylation sites is 1. The molecule has 2 nitrogen and oxygen atoms in total. The molecule has 1 N–H and O–H groups in total. The van der Waals surface area contributed by atoms with Crippen molar-refractivity contribution in [3.63, 3.8) is 0 Å². The van der Waals surface area contributed by atoms with Crippen molar-refractivity contribution in [2.24, 2.45) is 5.41 Å². The summed E-state index contributed by atoms with van der Waals surface area (Å²) in [5, 5.41) is 10.1. The lowest BCUT2D eigenvalue weighted by atomic mass is 9.60. The van der Waals surface area contributed by atoms with Crippen LogP contribution in [0.4, 0.5) is 0 Å². The number of hydrogen-bond acceptors (Lipinski definition) is 2. The first-order valence-electron chi connectivity index (χ1n) is 7.48. The van der Waals surface area contributed by atoms with E-state index in [2.05, 4.69) is 45.9 Å². The molecule has 0 amide bonds. The Morgan fingerprint density at radius 3 is 2.42 bits per heavy atom. The molecular formula is C17H26O2. The minimum Gasteiger partial charge on any atom is -0.489 e. The highest BCUT2D eigenvalue weighted by molar-refractivity contribution is 5.36. The Bertz CT molecular complexity index is 421. The normalized spacial score (nSPS) is 25.2. The summed E-state index contributed by atoms with van der Waals surface area (Å²) < 4.78 is 6.25. The van der Waals surface area contributed by atoms with Gasteiger partial charge in [-0.25, -0.2) is 0 Å². The fraction of sp³-hybridized carbons (Fsp3) is 0.647. The third-order valence-corrected chi connectivity index (χ3v) is 4.87. The van der Waals surface area contributed by atoms with Crippen LogP contribution in [0.5, 0.6) is 5.75 Å². The molecule has 2 unspecified atom stereocenters. The van der Waals surface area contributed by atoms with Gasteiger partial charge in [0, 0.05) is 11.8 Å². The van der Waals surface area contributed by atoms with Crippen LogP contribution in [0.25, 0.3) is 0 Å². The number of rotatable bonds is 5. The lowest BCUT2D eigenvalue weighted by molar-refractivity contribution is -0.159. The van der Waals surface area contributed by atoms with E-state index < -0.39 is 0 Å². The average molecular weight is 262 g/mol. The van der Waals surface area contributed by atoms with Gasteiger partial charge in [-0.05, 0) is 30.4 Å². The van der Waals surface area contributed by atoms with Gasteiger partial charge in [-0.3, -0.25) is 0 Å². The molecule has 0 radical (unpaired) electrons. The second-order valence-corrected chi connectivity index (χ2v) is 5.99. The highest BCUT2D eigenvalue weighted by Gasteiger charge is 2.53. The van der Waals surface area contributed by atoms with E-state index >= 15 is 0 Å². The van der Waals surface area contributed by atoms with Gasteiger partial charge < -0.3 is 9.84 Å². The summed E-state index contributed by atoms with van der Waals surface area (Å²) in [4.78, 5) is 0. The van der Waals surface area contributed by atoms with Gasteiger partial charge in [-0.2, -0.15) is 0 Å². The first-order valence-corrected chi connectivity index (χ1v) is 7.48. The van der Waals surface area contributed by atoms with Crippen molar-refractivity contribution >= 4 is 0 Å². The maximum absolute atomic E-state index is 10.1. The van der Waals surface area contributed by atoms with Crippen LogP contribution in [0.15, 0.2) is 24.3 Å². The second-order valence-electron chi connectivity index (χ2n) is 5.99. The Balaban J connectivity index is 2.19. The molecule has 0 aliphatic heterocycles. The number of benzene rings is 1. The predicted molar refractivity (Wildman–Crippen MR) is 78.6 cm³/mol. The Morgan fingerprint density at radius 1 is 1.26 bits per heavy atom. The fourth-order valence-electron chi connectivity index (χ4n) is 3.29. The lowest BCUT2D eigenvalue weighted by Crippen LogP contribution is -2.59. The smallest absolute Gasteiger partial charge is 0.123 e. The number of hydrogen-bond donors (Lipinski definition) is 1. The summed E-state index contributed by atoms with van der Waals surface area (Å²) in [5.74, 6) is 1.44. The van der Waals surface area contributed by atoms with Crippen LogP contribution in [0, 0.1) is 5.41 Å². The van der Waals surface area contributed by atoms with E-state index in [1.54, 1.807) is 0 Å². The zero-order valence-electron chi connectivity index (χ0n) is 12.5. The van der Waals surface area contributed by atoms with E-state index in [1.165, 1.54) is 5.56 Å². The molecule has 0 bridgehead atoms. The van der Waals surface area contributed by atoms with E-state index in [-0.39, 0.29) is 17.6 Å². The molecule has 1 aliphatic rings. The topological polar surface area (TPSA) is 29.5 Å². The van der Waals surface area contributed by atoms with Crippen molar-refractivity contribution in [1.29, 1.82) is 0 Å². The molecule has 2 heteroatoms. The zero-order valence-corrected chi connectivity index (χ0v) is 12.5. The fourth-order valence-corrected chi connectivity index (χ4v) is 3.29. The summed E-state index contributed by atoms with van der Waals surface area (Å²) in [6.07, 6.45) is 2.64. The standard InChI is InChI=1S/C17H26O2/c1-5-17(6-2)15(18)11-16(17)19-14-10-8-7-9-13(14)12(3)4/h7-10,12,15-16,18H,5-6,11H2,1-4H3. The minimum atomic E-state index is -0.210. The monoisotopic (exact) mass is 262 g/mol. The maximum Gasteiger partial charge on any atom is 0.123 e. The van der Waals surface area contributed by atoms with E-state index in [1.807, 2.05) is 6.07 Å². The lowest BCUT2D eigenvalue weighted by Gasteiger charge is -2.52. The van der Waals surface area contributed by atoms with Gasteiger partial charge in [0.25, 0.3) is 0 Å². The van der Waals surface area contributed by atoms with Gasteiger partial charge in [0.2, 0.25) is 0 Å². The summed E-state index contributed by atoms with van der Waals surface area (Å²) in [7, 11) is 0. The van der Waals surface area contributed by atoms with Gasteiger partial charge in [0.15, 0.2) is 0 Å². The maximum atomic E-state index is 10.1. The molecule has 0 heterocycles. The third kappa shape index (κ3) is 2.38. The molecule has 1 fully saturated rings. The first kappa shape index (κ1) is 14.4. The number of aliphatic hydroxyl groups is 1. The first-order chi connectivity index (χ1) is 9.05. The van der Waals surface area contributed by atoms with Gasteiger partial charge in [0.1, 0.15) is 11.9 Å². The van der Waals surface area contributed by atoms with Crippen molar-refractivity contribution in [3.8, 4) is 5.75 Å².